The van der Waals surface area contributed by atoms with Crippen LogP contribution in [0.4, 0.5) is 18.9 Å². The first-order chi connectivity index (χ1) is 8.79. The van der Waals surface area contributed by atoms with Crippen molar-refractivity contribution in [3.05, 3.63) is 41.3 Å². The van der Waals surface area contributed by atoms with Crippen molar-refractivity contribution in [2.45, 2.75) is 13.1 Å². The van der Waals surface area contributed by atoms with Crippen molar-refractivity contribution in [2.75, 3.05) is 5.01 Å². The average Bonchev–Trinajstić information content (AvgIpc) is 2.73. The number of hydrogen-bond donors (Lipinski definition) is 2. The van der Waals surface area contributed by atoms with Crippen LogP contribution in [0, 0.1) is 0 Å². The Hall–Kier alpha value is -2.22. The molecule has 0 aliphatic carbocycles. The summed E-state index contributed by atoms with van der Waals surface area (Å²) >= 11 is 0. The average molecular weight is 274 g/mol. The van der Waals surface area contributed by atoms with Crippen molar-refractivity contribution in [1.82, 2.24) is 5.59 Å². The number of anilines is 1. The lowest BCUT2D eigenvalue weighted by Gasteiger charge is -2.20. The van der Waals surface area contributed by atoms with E-state index in [2.05, 4.69) is 5.59 Å². The normalized spacial score (nSPS) is 15.2. The number of carboxylic acids is 1. The molecule has 1 aromatic rings. The zero-order valence-electron chi connectivity index (χ0n) is 9.65. The molecule has 5 nitrogen and oxygen atoms in total. The van der Waals surface area contributed by atoms with Crippen LogP contribution in [-0.2, 0) is 11.0 Å². The van der Waals surface area contributed by atoms with Crippen LogP contribution < -0.4 is 10.6 Å². The smallest absolute Gasteiger partial charge is 0.418 e. The van der Waals surface area contributed by atoms with Crippen LogP contribution >= 0.6 is 0 Å². The van der Waals surface area contributed by atoms with Gasteiger partial charge in [0.25, 0.3) is 0 Å². The highest BCUT2D eigenvalue weighted by Gasteiger charge is 2.36. The third-order valence-corrected chi connectivity index (χ3v) is 2.43. The van der Waals surface area contributed by atoms with Gasteiger partial charge in [-0.05, 0) is 25.1 Å². The van der Waals surface area contributed by atoms with Gasteiger partial charge in [-0.25, -0.2) is 9.80 Å². The zero-order chi connectivity index (χ0) is 14.2. The third kappa shape index (κ3) is 2.63. The van der Waals surface area contributed by atoms with Gasteiger partial charge in [0.2, 0.25) is 0 Å². The Bertz CT molecular complexity index is 555. The molecule has 19 heavy (non-hydrogen) atoms. The lowest BCUT2D eigenvalue weighted by molar-refractivity contribution is -0.137. The molecule has 0 radical (unpaired) electrons. The van der Waals surface area contributed by atoms with Crippen LogP contribution in [-0.4, -0.2) is 11.1 Å². The minimum Gasteiger partial charge on any atom is -0.478 e. The standard InChI is InChI=1S/C11H9F3N2O3/c1-6-5-16(15-19-6)9-4-7(10(17)18)2-3-8(9)11(12,13)14/h2-5,15H,1H3,(H,17,18). The molecule has 2 N–H and O–H groups in total. The number of carbonyl (C=O) groups is 1. The summed E-state index contributed by atoms with van der Waals surface area (Å²) in [6, 6.07) is 2.56. The molecule has 0 spiro atoms. The van der Waals surface area contributed by atoms with Gasteiger partial charge in [-0.2, -0.15) is 13.2 Å². The molecule has 0 bridgehead atoms. The number of carboxylic acid groups (broad SMARTS) is 1. The largest absolute Gasteiger partial charge is 0.478 e. The summed E-state index contributed by atoms with van der Waals surface area (Å²) in [6.07, 6.45) is -3.31. The predicted molar refractivity (Wildman–Crippen MR) is 58.9 cm³/mol. The van der Waals surface area contributed by atoms with Crippen LogP contribution in [0.3, 0.4) is 0 Å². The number of hydrazine groups is 1. The first kappa shape index (κ1) is 13.2. The molecule has 0 amide bonds. The minimum absolute atomic E-state index is 0.247. The summed E-state index contributed by atoms with van der Waals surface area (Å²) in [7, 11) is 0. The number of aromatic carboxylic acids is 1. The fourth-order valence-corrected chi connectivity index (χ4v) is 1.58. The number of nitrogens with one attached hydrogen (secondary N) is 1. The molecule has 1 aliphatic heterocycles. The molecule has 0 atom stereocenters. The summed E-state index contributed by atoms with van der Waals surface area (Å²) in [6.45, 7) is 1.54. The fourth-order valence-electron chi connectivity index (χ4n) is 1.58. The van der Waals surface area contributed by atoms with Gasteiger partial charge in [0.1, 0.15) is 5.76 Å². The fraction of sp³-hybridized carbons (Fsp3) is 0.182. The summed E-state index contributed by atoms with van der Waals surface area (Å²) in [5.41, 5.74) is 0.700. The van der Waals surface area contributed by atoms with Gasteiger partial charge in [0, 0.05) is 0 Å². The zero-order valence-corrected chi connectivity index (χ0v) is 9.65. The Balaban J connectivity index is 2.54. The summed E-state index contributed by atoms with van der Waals surface area (Å²) in [5, 5.41) is 9.81. The van der Waals surface area contributed by atoms with Crippen molar-refractivity contribution >= 4 is 11.7 Å². The van der Waals surface area contributed by atoms with Gasteiger partial charge in [-0.3, -0.25) is 0 Å². The lowest BCUT2D eigenvalue weighted by atomic mass is 10.1. The van der Waals surface area contributed by atoms with E-state index in [-0.39, 0.29) is 11.3 Å². The van der Waals surface area contributed by atoms with Crippen LogP contribution in [0.5, 0.6) is 0 Å². The van der Waals surface area contributed by atoms with Gasteiger partial charge in [0.05, 0.1) is 23.0 Å². The minimum atomic E-state index is -4.60. The highest BCUT2D eigenvalue weighted by atomic mass is 19.4. The Morgan fingerprint density at radius 1 is 1.42 bits per heavy atom. The van der Waals surface area contributed by atoms with E-state index in [0.29, 0.717) is 5.76 Å². The maximum absolute atomic E-state index is 12.9. The quantitative estimate of drug-likeness (QED) is 0.867. The Morgan fingerprint density at radius 2 is 2.11 bits per heavy atom. The molecule has 1 heterocycles. The maximum Gasteiger partial charge on any atom is 0.418 e. The molecule has 0 unspecified atom stereocenters. The van der Waals surface area contributed by atoms with Gasteiger partial charge < -0.3 is 9.94 Å². The number of benzene rings is 1. The second-order valence-corrected chi connectivity index (χ2v) is 3.84. The van der Waals surface area contributed by atoms with Gasteiger partial charge in [-0.15, -0.1) is 0 Å². The molecular formula is C11H9F3N2O3. The summed E-state index contributed by atoms with van der Waals surface area (Å²) in [4.78, 5) is 15.6. The number of rotatable bonds is 2. The number of hydrogen-bond acceptors (Lipinski definition) is 4. The first-order valence-electron chi connectivity index (χ1n) is 5.14. The lowest BCUT2D eigenvalue weighted by Crippen LogP contribution is -2.29. The van der Waals surface area contributed by atoms with Crippen LogP contribution in [0.15, 0.2) is 30.2 Å². The van der Waals surface area contributed by atoms with Crippen LogP contribution in [0.1, 0.15) is 22.8 Å². The Kier molecular flexibility index (Phi) is 3.11. The van der Waals surface area contributed by atoms with Crippen LogP contribution in [0.2, 0.25) is 0 Å². The molecule has 0 saturated carbocycles. The van der Waals surface area contributed by atoms with E-state index in [1.54, 1.807) is 6.92 Å². The van der Waals surface area contributed by atoms with Crippen molar-refractivity contribution in [2.24, 2.45) is 0 Å². The summed E-state index contributed by atoms with van der Waals surface area (Å²) < 4.78 is 38.6. The van der Waals surface area contributed by atoms with Crippen LogP contribution in [0.25, 0.3) is 0 Å². The van der Waals surface area contributed by atoms with Crippen molar-refractivity contribution in [1.29, 1.82) is 0 Å². The van der Waals surface area contributed by atoms with Gasteiger partial charge in [0.15, 0.2) is 0 Å². The van der Waals surface area contributed by atoms with E-state index in [1.807, 2.05) is 0 Å². The molecule has 0 fully saturated rings. The monoisotopic (exact) mass is 274 g/mol. The number of allylic oxidation sites excluding steroid dienone is 1. The molecule has 102 valence electrons. The number of alkyl halides is 3. The van der Waals surface area contributed by atoms with E-state index in [9.17, 15) is 18.0 Å². The molecule has 8 heteroatoms. The second-order valence-electron chi connectivity index (χ2n) is 3.84. The number of halogens is 3. The second kappa shape index (κ2) is 4.47. The molecule has 1 aliphatic rings. The van der Waals surface area contributed by atoms with Gasteiger partial charge >= 0.3 is 12.1 Å². The Morgan fingerprint density at radius 3 is 2.58 bits per heavy atom. The van der Waals surface area contributed by atoms with E-state index >= 15 is 0 Å². The molecule has 0 aromatic heterocycles. The molecule has 0 saturated heterocycles. The van der Waals surface area contributed by atoms with E-state index < -0.39 is 17.7 Å². The SMILES string of the molecule is CC1=CN(c2cc(C(=O)O)ccc2C(F)(F)F)NO1. The topological polar surface area (TPSA) is 61.8 Å². The van der Waals surface area contributed by atoms with Crippen molar-refractivity contribution < 1.29 is 27.9 Å². The molecular weight excluding hydrogens is 265 g/mol. The molecule has 2 rings (SSSR count). The predicted octanol–water partition coefficient (Wildman–Crippen LogP) is 2.52. The first-order valence-corrected chi connectivity index (χ1v) is 5.14. The Labute approximate surface area is 105 Å². The number of nitrogens with zero attached hydrogens (tertiary/aromatic N) is 1. The molecule has 1 aromatic carbocycles. The highest BCUT2D eigenvalue weighted by Crippen LogP contribution is 2.37. The van der Waals surface area contributed by atoms with Crippen molar-refractivity contribution in [3.63, 3.8) is 0 Å². The summed E-state index contributed by atoms with van der Waals surface area (Å²) in [5.74, 6) is -0.954. The van der Waals surface area contributed by atoms with E-state index in [0.717, 1.165) is 23.2 Å². The highest BCUT2D eigenvalue weighted by molar-refractivity contribution is 5.89. The van der Waals surface area contributed by atoms with E-state index in [1.165, 1.54) is 6.20 Å². The van der Waals surface area contributed by atoms with E-state index in [4.69, 9.17) is 9.94 Å². The third-order valence-electron chi connectivity index (χ3n) is 2.43. The van der Waals surface area contributed by atoms with Gasteiger partial charge in [-0.1, -0.05) is 5.59 Å². The van der Waals surface area contributed by atoms with Crippen molar-refractivity contribution in [3.8, 4) is 0 Å². The maximum atomic E-state index is 12.9.